The number of carbonyl (C=O) groups is 1. The summed E-state index contributed by atoms with van der Waals surface area (Å²) in [7, 11) is 0. The molecule has 2 N–H and O–H groups in total. The van der Waals surface area contributed by atoms with Crippen molar-refractivity contribution in [3.05, 3.63) is 0 Å². The minimum atomic E-state index is -0.504. The van der Waals surface area contributed by atoms with Crippen LogP contribution in [0.5, 0.6) is 0 Å². The Kier molecular flexibility index (Phi) is 3.97. The fourth-order valence-electron chi connectivity index (χ4n) is 1.81. The fourth-order valence-corrected chi connectivity index (χ4v) is 1.81. The summed E-state index contributed by atoms with van der Waals surface area (Å²) >= 11 is 0. The van der Waals surface area contributed by atoms with Crippen LogP contribution in [0.3, 0.4) is 0 Å². The Morgan fingerprint density at radius 3 is 3.00 bits per heavy atom. The van der Waals surface area contributed by atoms with Gasteiger partial charge in [0.15, 0.2) is 0 Å². The number of terminal acetylenes is 1. The Hall–Kier alpha value is -1.01. The molecular weight excluding hydrogens is 176 g/mol. The number of amides is 1. The lowest BCUT2D eigenvalue weighted by atomic mass is 10.1. The highest BCUT2D eigenvalue weighted by Crippen LogP contribution is 2.19. The number of nitrogens with two attached hydrogens (primary N) is 1. The highest BCUT2D eigenvalue weighted by Gasteiger charge is 2.27. The highest BCUT2D eigenvalue weighted by molar-refractivity contribution is 5.82. The first kappa shape index (κ1) is 11.1. The van der Waals surface area contributed by atoms with Crippen LogP contribution in [-0.2, 0) is 4.79 Å². The van der Waals surface area contributed by atoms with Gasteiger partial charge in [-0.3, -0.25) is 4.79 Å². The van der Waals surface area contributed by atoms with Crippen molar-refractivity contribution in [1.82, 2.24) is 4.90 Å². The summed E-state index contributed by atoms with van der Waals surface area (Å²) in [5, 5.41) is 0. The zero-order chi connectivity index (χ0) is 10.6. The molecule has 1 aliphatic heterocycles. The fraction of sp³-hybridized carbons (Fsp3) is 0.727. The SMILES string of the molecule is C#CCC(N)C(=O)N1CCC(CC)C1. The summed E-state index contributed by atoms with van der Waals surface area (Å²) in [4.78, 5) is 13.5. The van der Waals surface area contributed by atoms with Crippen molar-refractivity contribution in [2.45, 2.75) is 32.2 Å². The van der Waals surface area contributed by atoms with Crippen LogP contribution in [0.4, 0.5) is 0 Å². The first-order valence-corrected chi connectivity index (χ1v) is 5.16. The van der Waals surface area contributed by atoms with E-state index in [4.69, 9.17) is 12.2 Å². The van der Waals surface area contributed by atoms with E-state index in [-0.39, 0.29) is 5.91 Å². The normalized spacial score (nSPS) is 23.2. The molecule has 3 nitrogen and oxygen atoms in total. The smallest absolute Gasteiger partial charge is 0.240 e. The van der Waals surface area contributed by atoms with Gasteiger partial charge in [0.2, 0.25) is 5.91 Å². The standard InChI is InChI=1S/C11H18N2O/c1-3-5-10(12)11(14)13-7-6-9(4-2)8-13/h1,9-10H,4-8,12H2,2H3. The van der Waals surface area contributed by atoms with Gasteiger partial charge in [-0.25, -0.2) is 0 Å². The van der Waals surface area contributed by atoms with Crippen LogP contribution in [0.2, 0.25) is 0 Å². The van der Waals surface area contributed by atoms with E-state index in [9.17, 15) is 4.79 Å². The Morgan fingerprint density at radius 1 is 1.79 bits per heavy atom. The maximum absolute atomic E-state index is 11.7. The van der Waals surface area contributed by atoms with Crippen molar-refractivity contribution in [3.8, 4) is 12.3 Å². The molecule has 0 bridgehead atoms. The van der Waals surface area contributed by atoms with E-state index in [0.717, 1.165) is 25.9 Å². The first-order valence-electron chi connectivity index (χ1n) is 5.16. The first-order chi connectivity index (χ1) is 6.69. The van der Waals surface area contributed by atoms with Crippen LogP contribution in [0.15, 0.2) is 0 Å². The van der Waals surface area contributed by atoms with Gasteiger partial charge < -0.3 is 10.6 Å². The second-order valence-corrected chi connectivity index (χ2v) is 3.86. The van der Waals surface area contributed by atoms with Crippen molar-refractivity contribution in [2.75, 3.05) is 13.1 Å². The molecule has 78 valence electrons. The minimum absolute atomic E-state index is 0.0129. The van der Waals surface area contributed by atoms with Gasteiger partial charge in [-0.2, -0.15) is 0 Å². The predicted molar refractivity (Wildman–Crippen MR) is 56.4 cm³/mol. The van der Waals surface area contributed by atoms with E-state index in [1.807, 2.05) is 4.90 Å². The highest BCUT2D eigenvalue weighted by atomic mass is 16.2. The van der Waals surface area contributed by atoms with E-state index >= 15 is 0 Å². The predicted octanol–water partition coefficient (Wildman–Crippen LogP) is 0.595. The molecule has 2 unspecified atom stereocenters. The molecule has 1 fully saturated rings. The molecule has 1 saturated heterocycles. The second-order valence-electron chi connectivity index (χ2n) is 3.86. The zero-order valence-electron chi connectivity index (χ0n) is 8.70. The van der Waals surface area contributed by atoms with Crippen LogP contribution < -0.4 is 5.73 Å². The van der Waals surface area contributed by atoms with Gasteiger partial charge in [-0.05, 0) is 12.3 Å². The van der Waals surface area contributed by atoms with E-state index in [0.29, 0.717) is 12.3 Å². The van der Waals surface area contributed by atoms with Crippen molar-refractivity contribution < 1.29 is 4.79 Å². The Labute approximate surface area is 85.6 Å². The average molecular weight is 194 g/mol. The van der Waals surface area contributed by atoms with Crippen LogP contribution >= 0.6 is 0 Å². The number of carbonyl (C=O) groups excluding carboxylic acids is 1. The van der Waals surface area contributed by atoms with E-state index in [1.54, 1.807) is 0 Å². The summed E-state index contributed by atoms with van der Waals surface area (Å²) in [5.41, 5.74) is 5.66. The van der Waals surface area contributed by atoms with Gasteiger partial charge in [-0.1, -0.05) is 13.3 Å². The van der Waals surface area contributed by atoms with Gasteiger partial charge in [0.05, 0.1) is 6.04 Å². The molecule has 1 aliphatic rings. The molecule has 1 rings (SSSR count). The third-order valence-corrected chi connectivity index (χ3v) is 2.83. The second kappa shape index (κ2) is 5.02. The summed E-state index contributed by atoms with van der Waals surface area (Å²) in [6.07, 6.45) is 7.69. The number of hydrogen-bond donors (Lipinski definition) is 1. The quantitative estimate of drug-likeness (QED) is 0.669. The van der Waals surface area contributed by atoms with Crippen molar-refractivity contribution >= 4 is 5.91 Å². The molecule has 0 aliphatic carbocycles. The summed E-state index contributed by atoms with van der Waals surface area (Å²) < 4.78 is 0. The Balaban J connectivity index is 2.43. The van der Waals surface area contributed by atoms with Gasteiger partial charge in [0.25, 0.3) is 0 Å². The van der Waals surface area contributed by atoms with Crippen molar-refractivity contribution in [3.63, 3.8) is 0 Å². The molecule has 0 aromatic carbocycles. The molecule has 14 heavy (non-hydrogen) atoms. The largest absolute Gasteiger partial charge is 0.341 e. The molecule has 0 aromatic rings. The van der Waals surface area contributed by atoms with E-state index < -0.39 is 6.04 Å². The molecule has 0 radical (unpaired) electrons. The number of likely N-dealkylation sites (tertiary alicyclic amines) is 1. The van der Waals surface area contributed by atoms with Crippen LogP contribution in [0.1, 0.15) is 26.2 Å². The molecule has 3 heteroatoms. The van der Waals surface area contributed by atoms with Crippen molar-refractivity contribution in [2.24, 2.45) is 11.7 Å². The Bertz CT molecular complexity index is 244. The summed E-state index contributed by atoms with van der Waals surface area (Å²) in [6.45, 7) is 3.85. The summed E-state index contributed by atoms with van der Waals surface area (Å²) in [6, 6.07) is -0.504. The molecule has 1 amide bonds. The maximum atomic E-state index is 11.7. The van der Waals surface area contributed by atoms with Crippen LogP contribution in [0, 0.1) is 18.3 Å². The minimum Gasteiger partial charge on any atom is -0.341 e. The lowest BCUT2D eigenvalue weighted by molar-refractivity contribution is -0.131. The number of hydrogen-bond acceptors (Lipinski definition) is 2. The topological polar surface area (TPSA) is 46.3 Å². The lowest BCUT2D eigenvalue weighted by Crippen LogP contribution is -2.42. The molecule has 0 aromatic heterocycles. The maximum Gasteiger partial charge on any atom is 0.240 e. The zero-order valence-corrected chi connectivity index (χ0v) is 8.70. The average Bonchev–Trinajstić information content (AvgIpc) is 2.65. The molecule has 0 saturated carbocycles. The monoisotopic (exact) mass is 194 g/mol. The van der Waals surface area contributed by atoms with Gasteiger partial charge in [0, 0.05) is 19.5 Å². The molecular formula is C11H18N2O. The third-order valence-electron chi connectivity index (χ3n) is 2.83. The van der Waals surface area contributed by atoms with Crippen LogP contribution in [-0.4, -0.2) is 29.9 Å². The molecule has 0 spiro atoms. The van der Waals surface area contributed by atoms with E-state index in [2.05, 4.69) is 12.8 Å². The third kappa shape index (κ3) is 2.49. The lowest BCUT2D eigenvalue weighted by Gasteiger charge is -2.19. The van der Waals surface area contributed by atoms with E-state index in [1.165, 1.54) is 0 Å². The van der Waals surface area contributed by atoms with Gasteiger partial charge in [-0.15, -0.1) is 12.3 Å². The molecule has 2 atom stereocenters. The molecule has 1 heterocycles. The van der Waals surface area contributed by atoms with Gasteiger partial charge >= 0.3 is 0 Å². The van der Waals surface area contributed by atoms with Crippen LogP contribution in [0.25, 0.3) is 0 Å². The summed E-state index contributed by atoms with van der Waals surface area (Å²) in [5.74, 6) is 3.09. The van der Waals surface area contributed by atoms with Gasteiger partial charge in [0.1, 0.15) is 0 Å². The Morgan fingerprint density at radius 2 is 2.50 bits per heavy atom. The number of rotatable bonds is 3. The number of nitrogens with zero attached hydrogens (tertiary/aromatic N) is 1. The van der Waals surface area contributed by atoms with Crippen molar-refractivity contribution in [1.29, 1.82) is 0 Å².